The van der Waals surface area contributed by atoms with Gasteiger partial charge in [-0.15, -0.1) is 6.58 Å². The van der Waals surface area contributed by atoms with Crippen molar-refractivity contribution in [1.29, 1.82) is 0 Å². The van der Waals surface area contributed by atoms with Crippen LogP contribution >= 0.6 is 0 Å². The van der Waals surface area contributed by atoms with Crippen molar-refractivity contribution in [2.24, 2.45) is 0 Å². The molecule has 0 saturated carbocycles. The summed E-state index contributed by atoms with van der Waals surface area (Å²) in [4.78, 5) is 0. The van der Waals surface area contributed by atoms with Gasteiger partial charge in [-0.25, -0.2) is 0 Å². The van der Waals surface area contributed by atoms with Gasteiger partial charge in [-0.1, -0.05) is 12.1 Å². The van der Waals surface area contributed by atoms with Crippen LogP contribution in [0.1, 0.15) is 5.56 Å². The van der Waals surface area contributed by atoms with Crippen LogP contribution < -0.4 is 4.74 Å². The summed E-state index contributed by atoms with van der Waals surface area (Å²) in [5.74, 6) is 0.680. The van der Waals surface area contributed by atoms with E-state index in [1.165, 1.54) is 7.11 Å². The molecular weight excluding hydrogens is 359 g/mol. The Balaban J connectivity index is 0.00000144. The molecule has 70 valence electrons. The summed E-state index contributed by atoms with van der Waals surface area (Å²) < 4.78 is 4.95. The minimum atomic E-state index is 0. The van der Waals surface area contributed by atoms with Crippen molar-refractivity contribution in [3.63, 3.8) is 0 Å². The SMILES string of the molecule is C=CCc1ccc(O)c(OC)c1.[PbH2]. The molecule has 0 aliphatic heterocycles. The molecule has 0 spiro atoms. The van der Waals surface area contributed by atoms with Gasteiger partial charge in [0, 0.05) is 0 Å². The number of phenolic OH excluding ortho intramolecular Hbond substituents is 1. The molecule has 0 amide bonds. The number of benzene rings is 1. The predicted octanol–water partition coefficient (Wildman–Crippen LogP) is 1.21. The third kappa shape index (κ3) is 3.38. The Hall–Kier alpha value is -0.518. The summed E-state index contributed by atoms with van der Waals surface area (Å²) in [6, 6.07) is 5.27. The van der Waals surface area contributed by atoms with E-state index in [2.05, 4.69) is 6.58 Å². The van der Waals surface area contributed by atoms with Crippen molar-refractivity contribution in [2.75, 3.05) is 7.11 Å². The first-order chi connectivity index (χ1) is 5.77. The monoisotopic (exact) mass is 374 g/mol. The molecule has 0 aliphatic rings. The van der Waals surface area contributed by atoms with E-state index in [1.54, 1.807) is 12.1 Å². The number of ether oxygens (including phenoxy) is 1. The fourth-order valence-electron chi connectivity index (χ4n) is 1.02. The molecule has 2 radical (unpaired) electrons. The number of phenols is 1. The van der Waals surface area contributed by atoms with Gasteiger partial charge in [0.1, 0.15) is 0 Å². The Bertz CT molecular complexity index is 284. The summed E-state index contributed by atoms with van der Waals surface area (Å²) in [6.07, 6.45) is 2.60. The molecule has 0 bridgehead atoms. The molecule has 2 nitrogen and oxygen atoms in total. The van der Waals surface area contributed by atoms with Crippen LogP contribution in [0, 0.1) is 0 Å². The van der Waals surface area contributed by atoms with E-state index >= 15 is 0 Å². The molecule has 0 saturated heterocycles. The van der Waals surface area contributed by atoms with Crippen LogP contribution in [0.25, 0.3) is 0 Å². The second-order valence-corrected chi connectivity index (χ2v) is 2.50. The normalized spacial score (nSPS) is 8.69. The average Bonchev–Trinajstić information content (AvgIpc) is 2.09. The first-order valence-corrected chi connectivity index (χ1v) is 3.74. The van der Waals surface area contributed by atoms with Crippen molar-refractivity contribution in [1.82, 2.24) is 0 Å². The zero-order chi connectivity index (χ0) is 8.97. The minimum absolute atomic E-state index is 0. The summed E-state index contributed by atoms with van der Waals surface area (Å²) in [6.45, 7) is 3.63. The average molecular weight is 373 g/mol. The van der Waals surface area contributed by atoms with Crippen LogP contribution in [0.2, 0.25) is 0 Å². The number of hydrogen-bond donors (Lipinski definition) is 1. The Morgan fingerprint density at radius 3 is 2.77 bits per heavy atom. The fraction of sp³-hybridized carbons (Fsp3) is 0.200. The van der Waals surface area contributed by atoms with E-state index in [1.807, 2.05) is 12.1 Å². The number of hydrogen-bond acceptors (Lipinski definition) is 2. The Labute approximate surface area is 98.4 Å². The van der Waals surface area contributed by atoms with Gasteiger partial charge in [0.2, 0.25) is 0 Å². The molecule has 0 fully saturated rings. The maximum absolute atomic E-state index is 9.25. The van der Waals surface area contributed by atoms with E-state index in [0.29, 0.717) is 5.75 Å². The van der Waals surface area contributed by atoms with Crippen molar-refractivity contribution in [2.45, 2.75) is 6.42 Å². The molecule has 0 heterocycles. The van der Waals surface area contributed by atoms with Crippen molar-refractivity contribution < 1.29 is 9.84 Å². The van der Waals surface area contributed by atoms with Crippen LogP contribution in [-0.4, -0.2) is 39.5 Å². The molecule has 0 aliphatic carbocycles. The van der Waals surface area contributed by atoms with Crippen LogP contribution in [-0.2, 0) is 6.42 Å². The van der Waals surface area contributed by atoms with Crippen LogP contribution in [0.5, 0.6) is 11.5 Å². The number of rotatable bonds is 3. The van der Waals surface area contributed by atoms with E-state index in [4.69, 9.17) is 4.74 Å². The molecule has 1 rings (SSSR count). The van der Waals surface area contributed by atoms with Gasteiger partial charge < -0.3 is 9.84 Å². The van der Waals surface area contributed by atoms with Gasteiger partial charge >= 0.3 is 27.3 Å². The number of methoxy groups -OCH3 is 1. The van der Waals surface area contributed by atoms with Gasteiger partial charge in [0.05, 0.1) is 7.11 Å². The van der Waals surface area contributed by atoms with Crippen molar-refractivity contribution in [3.05, 3.63) is 36.4 Å². The predicted molar refractivity (Wildman–Crippen MR) is 57.1 cm³/mol. The first-order valence-electron chi connectivity index (χ1n) is 3.74. The van der Waals surface area contributed by atoms with Gasteiger partial charge in [0.15, 0.2) is 11.5 Å². The number of allylic oxidation sites excluding steroid dienone is 1. The molecular formula is C10H14O2Pb. The molecule has 0 aromatic heterocycles. The van der Waals surface area contributed by atoms with Crippen LogP contribution in [0.3, 0.4) is 0 Å². The third-order valence-electron chi connectivity index (χ3n) is 1.62. The molecule has 3 heteroatoms. The standard InChI is InChI=1S/C10H12O2.Pb.2H/c1-3-4-8-5-6-9(11)10(7-8)12-2;;;/h3,5-7,11H,1,4H2,2H3;;;. The van der Waals surface area contributed by atoms with Gasteiger partial charge in [-0.2, -0.15) is 0 Å². The molecule has 0 unspecified atom stereocenters. The van der Waals surface area contributed by atoms with Crippen LogP contribution in [0.15, 0.2) is 30.9 Å². The topological polar surface area (TPSA) is 29.5 Å². The fourth-order valence-corrected chi connectivity index (χ4v) is 1.02. The summed E-state index contributed by atoms with van der Waals surface area (Å²) in [7, 11) is 1.53. The van der Waals surface area contributed by atoms with E-state index in [-0.39, 0.29) is 33.0 Å². The van der Waals surface area contributed by atoms with Crippen molar-refractivity contribution in [3.8, 4) is 11.5 Å². The van der Waals surface area contributed by atoms with Gasteiger partial charge in [-0.3, -0.25) is 0 Å². The zero-order valence-corrected chi connectivity index (χ0v) is 13.3. The molecule has 13 heavy (non-hydrogen) atoms. The Morgan fingerprint density at radius 2 is 2.23 bits per heavy atom. The third-order valence-corrected chi connectivity index (χ3v) is 1.62. The maximum atomic E-state index is 9.25. The zero-order valence-electron chi connectivity index (χ0n) is 7.79. The molecule has 1 N–H and O–H groups in total. The molecule has 0 atom stereocenters. The summed E-state index contributed by atoms with van der Waals surface area (Å²) in [5.41, 5.74) is 1.08. The second kappa shape index (κ2) is 6.02. The van der Waals surface area contributed by atoms with E-state index in [0.717, 1.165) is 12.0 Å². The Kier molecular flexibility index (Phi) is 5.78. The summed E-state index contributed by atoms with van der Waals surface area (Å²) in [5, 5.41) is 9.25. The number of aromatic hydroxyl groups is 1. The quantitative estimate of drug-likeness (QED) is 0.638. The summed E-state index contributed by atoms with van der Waals surface area (Å²) >= 11 is 0. The van der Waals surface area contributed by atoms with Gasteiger partial charge in [-0.05, 0) is 24.1 Å². The first kappa shape index (κ1) is 12.5. The van der Waals surface area contributed by atoms with E-state index in [9.17, 15) is 5.11 Å². The van der Waals surface area contributed by atoms with Crippen molar-refractivity contribution >= 4 is 27.3 Å². The molecule has 1 aromatic rings. The van der Waals surface area contributed by atoms with E-state index < -0.39 is 0 Å². The van der Waals surface area contributed by atoms with Gasteiger partial charge in [0.25, 0.3) is 0 Å². The van der Waals surface area contributed by atoms with Crippen LogP contribution in [0.4, 0.5) is 0 Å². The molecule has 1 aromatic carbocycles. The Morgan fingerprint density at radius 1 is 1.54 bits per heavy atom. The second-order valence-electron chi connectivity index (χ2n) is 2.50.